The van der Waals surface area contributed by atoms with E-state index in [9.17, 15) is 4.79 Å². The summed E-state index contributed by atoms with van der Waals surface area (Å²) in [5, 5.41) is 11.6. The molecule has 0 radical (unpaired) electrons. The first kappa shape index (κ1) is 11.2. The fourth-order valence-corrected chi connectivity index (χ4v) is 2.09. The summed E-state index contributed by atoms with van der Waals surface area (Å²) in [7, 11) is 0. The minimum Gasteiger partial charge on any atom is -0.481 e. The number of carboxylic acid groups (broad SMARTS) is 1. The summed E-state index contributed by atoms with van der Waals surface area (Å²) in [5.74, 6) is -0.757. The SMILES string of the molecule is Cc1ccc(C(C)NCCC(=O)O)s1. The lowest BCUT2D eigenvalue weighted by Crippen LogP contribution is -2.21. The maximum atomic E-state index is 10.3. The van der Waals surface area contributed by atoms with Crippen molar-refractivity contribution in [3.05, 3.63) is 21.9 Å². The van der Waals surface area contributed by atoms with Gasteiger partial charge in [-0.3, -0.25) is 4.79 Å². The number of nitrogens with one attached hydrogen (secondary N) is 1. The number of carbonyl (C=O) groups is 1. The van der Waals surface area contributed by atoms with E-state index in [0.29, 0.717) is 6.54 Å². The Morgan fingerprint density at radius 2 is 2.36 bits per heavy atom. The number of aliphatic carboxylic acids is 1. The van der Waals surface area contributed by atoms with Crippen LogP contribution in [0.4, 0.5) is 0 Å². The predicted octanol–water partition coefficient (Wildman–Crippen LogP) is 2.18. The molecule has 4 heteroatoms. The molecular formula is C10H15NO2S. The van der Waals surface area contributed by atoms with Gasteiger partial charge in [-0.25, -0.2) is 0 Å². The first-order chi connectivity index (χ1) is 6.59. The fraction of sp³-hybridized carbons (Fsp3) is 0.500. The average molecular weight is 213 g/mol. The van der Waals surface area contributed by atoms with E-state index in [2.05, 4.69) is 24.4 Å². The Hall–Kier alpha value is -0.870. The fourth-order valence-electron chi connectivity index (χ4n) is 1.18. The Labute approximate surface area is 87.8 Å². The van der Waals surface area contributed by atoms with Crippen LogP contribution in [0.1, 0.15) is 29.1 Å². The number of hydrogen-bond acceptors (Lipinski definition) is 3. The smallest absolute Gasteiger partial charge is 0.304 e. The second kappa shape index (κ2) is 5.12. The molecule has 78 valence electrons. The van der Waals surface area contributed by atoms with Crippen LogP contribution in [-0.2, 0) is 4.79 Å². The molecule has 1 aromatic heterocycles. The van der Waals surface area contributed by atoms with E-state index in [1.807, 2.05) is 6.92 Å². The van der Waals surface area contributed by atoms with Gasteiger partial charge in [0.05, 0.1) is 6.42 Å². The minimum absolute atomic E-state index is 0.175. The van der Waals surface area contributed by atoms with E-state index >= 15 is 0 Å². The molecule has 3 nitrogen and oxygen atoms in total. The Morgan fingerprint density at radius 1 is 1.64 bits per heavy atom. The second-order valence-corrected chi connectivity index (χ2v) is 4.59. The molecule has 0 aliphatic rings. The molecule has 1 atom stereocenters. The summed E-state index contributed by atoms with van der Waals surface area (Å²) in [4.78, 5) is 12.8. The van der Waals surface area contributed by atoms with Gasteiger partial charge in [-0.05, 0) is 26.0 Å². The third kappa shape index (κ3) is 3.47. The van der Waals surface area contributed by atoms with Gasteiger partial charge in [-0.2, -0.15) is 0 Å². The van der Waals surface area contributed by atoms with Crippen molar-refractivity contribution in [2.24, 2.45) is 0 Å². The van der Waals surface area contributed by atoms with Gasteiger partial charge in [-0.15, -0.1) is 11.3 Å². The Bertz CT molecular complexity index is 309. The molecule has 14 heavy (non-hydrogen) atoms. The lowest BCUT2D eigenvalue weighted by Gasteiger charge is -2.10. The van der Waals surface area contributed by atoms with E-state index in [1.165, 1.54) is 9.75 Å². The molecule has 1 aromatic rings. The van der Waals surface area contributed by atoms with E-state index in [0.717, 1.165) is 0 Å². The third-order valence-corrected chi connectivity index (χ3v) is 3.16. The maximum Gasteiger partial charge on any atom is 0.304 e. The van der Waals surface area contributed by atoms with Gasteiger partial charge in [-0.1, -0.05) is 0 Å². The lowest BCUT2D eigenvalue weighted by atomic mass is 10.2. The highest BCUT2D eigenvalue weighted by Crippen LogP contribution is 2.21. The third-order valence-electron chi connectivity index (χ3n) is 1.98. The van der Waals surface area contributed by atoms with Gasteiger partial charge in [0.25, 0.3) is 0 Å². The van der Waals surface area contributed by atoms with Gasteiger partial charge in [0.15, 0.2) is 0 Å². The van der Waals surface area contributed by atoms with Crippen molar-refractivity contribution in [1.29, 1.82) is 0 Å². The van der Waals surface area contributed by atoms with Crippen molar-refractivity contribution in [3.8, 4) is 0 Å². The normalized spacial score (nSPS) is 12.7. The number of rotatable bonds is 5. The Balaban J connectivity index is 2.35. The number of thiophene rings is 1. The average Bonchev–Trinajstić information content (AvgIpc) is 2.51. The highest BCUT2D eigenvalue weighted by molar-refractivity contribution is 7.12. The van der Waals surface area contributed by atoms with Gasteiger partial charge in [0, 0.05) is 22.3 Å². The van der Waals surface area contributed by atoms with Crippen LogP contribution in [-0.4, -0.2) is 17.6 Å². The molecule has 0 aliphatic carbocycles. The molecule has 0 bridgehead atoms. The van der Waals surface area contributed by atoms with Crippen LogP contribution in [0.25, 0.3) is 0 Å². The monoisotopic (exact) mass is 213 g/mol. The Kier molecular flexibility index (Phi) is 4.10. The molecule has 0 aromatic carbocycles. The number of aryl methyl sites for hydroxylation is 1. The zero-order valence-electron chi connectivity index (χ0n) is 8.41. The van der Waals surface area contributed by atoms with Crippen LogP contribution in [0.15, 0.2) is 12.1 Å². The van der Waals surface area contributed by atoms with E-state index in [-0.39, 0.29) is 12.5 Å². The lowest BCUT2D eigenvalue weighted by molar-refractivity contribution is -0.136. The van der Waals surface area contributed by atoms with Crippen molar-refractivity contribution in [3.63, 3.8) is 0 Å². The first-order valence-electron chi connectivity index (χ1n) is 4.61. The van der Waals surface area contributed by atoms with Gasteiger partial charge < -0.3 is 10.4 Å². The summed E-state index contributed by atoms with van der Waals surface area (Å²) in [6.45, 7) is 4.64. The topological polar surface area (TPSA) is 49.3 Å². The largest absolute Gasteiger partial charge is 0.481 e. The molecule has 0 aliphatic heterocycles. The van der Waals surface area contributed by atoms with Crippen LogP contribution in [0.5, 0.6) is 0 Å². The van der Waals surface area contributed by atoms with Crippen molar-refractivity contribution in [2.45, 2.75) is 26.3 Å². The van der Waals surface area contributed by atoms with Crippen LogP contribution >= 0.6 is 11.3 Å². The standard InChI is InChI=1S/C10H15NO2S/c1-7-3-4-9(14-7)8(2)11-6-5-10(12)13/h3-4,8,11H,5-6H2,1-2H3,(H,12,13). The van der Waals surface area contributed by atoms with E-state index in [1.54, 1.807) is 11.3 Å². The predicted molar refractivity (Wildman–Crippen MR) is 57.7 cm³/mol. The molecule has 0 spiro atoms. The summed E-state index contributed by atoms with van der Waals surface area (Å²) >= 11 is 1.74. The zero-order chi connectivity index (χ0) is 10.6. The molecule has 0 saturated heterocycles. The van der Waals surface area contributed by atoms with Crippen LogP contribution < -0.4 is 5.32 Å². The second-order valence-electron chi connectivity index (χ2n) is 3.27. The van der Waals surface area contributed by atoms with Gasteiger partial charge in [0.2, 0.25) is 0 Å². The summed E-state index contributed by atoms with van der Waals surface area (Å²) in [5.41, 5.74) is 0. The van der Waals surface area contributed by atoms with Crippen molar-refractivity contribution in [2.75, 3.05) is 6.54 Å². The highest BCUT2D eigenvalue weighted by Gasteiger charge is 2.07. The van der Waals surface area contributed by atoms with E-state index in [4.69, 9.17) is 5.11 Å². The van der Waals surface area contributed by atoms with Gasteiger partial charge >= 0.3 is 5.97 Å². The molecule has 0 amide bonds. The minimum atomic E-state index is -0.757. The zero-order valence-corrected chi connectivity index (χ0v) is 9.23. The van der Waals surface area contributed by atoms with Crippen LogP contribution in [0.2, 0.25) is 0 Å². The quantitative estimate of drug-likeness (QED) is 0.788. The molecule has 0 fully saturated rings. The maximum absolute atomic E-state index is 10.3. The van der Waals surface area contributed by atoms with Crippen LogP contribution in [0.3, 0.4) is 0 Å². The highest BCUT2D eigenvalue weighted by atomic mass is 32.1. The molecule has 1 heterocycles. The number of carboxylic acids is 1. The molecule has 1 unspecified atom stereocenters. The molecule has 1 rings (SSSR count). The molecule has 2 N–H and O–H groups in total. The Morgan fingerprint density at radius 3 is 2.86 bits per heavy atom. The first-order valence-corrected chi connectivity index (χ1v) is 5.42. The summed E-state index contributed by atoms with van der Waals surface area (Å²) in [6.07, 6.45) is 0.175. The summed E-state index contributed by atoms with van der Waals surface area (Å²) < 4.78 is 0. The van der Waals surface area contributed by atoms with Crippen LogP contribution in [0, 0.1) is 6.92 Å². The van der Waals surface area contributed by atoms with Crippen molar-refractivity contribution < 1.29 is 9.90 Å². The molecular weight excluding hydrogens is 198 g/mol. The van der Waals surface area contributed by atoms with Crippen molar-refractivity contribution >= 4 is 17.3 Å². The van der Waals surface area contributed by atoms with Crippen molar-refractivity contribution in [1.82, 2.24) is 5.32 Å². The van der Waals surface area contributed by atoms with E-state index < -0.39 is 5.97 Å². The van der Waals surface area contributed by atoms with Gasteiger partial charge in [0.1, 0.15) is 0 Å². The number of hydrogen-bond donors (Lipinski definition) is 2. The molecule has 0 saturated carbocycles. The summed E-state index contributed by atoms with van der Waals surface area (Å²) in [6, 6.07) is 4.40.